The van der Waals surface area contributed by atoms with Gasteiger partial charge in [-0.05, 0) is 51.8 Å². The van der Waals surface area contributed by atoms with Gasteiger partial charge in [0, 0.05) is 76.8 Å². The van der Waals surface area contributed by atoms with E-state index >= 15 is 0 Å². The molecule has 0 unspecified atom stereocenters. The number of sulfonamides is 1. The molecule has 1 aromatic heterocycles. The lowest BCUT2D eigenvalue weighted by atomic mass is 10.1. The topological polar surface area (TPSA) is 82.0 Å². The molecule has 0 saturated carbocycles. The third kappa shape index (κ3) is 5.10. The Morgan fingerprint density at radius 3 is 2.26 bits per heavy atom. The van der Waals surface area contributed by atoms with Gasteiger partial charge in [-0.1, -0.05) is 12.1 Å². The number of anilines is 1. The Balaban J connectivity index is 1.52. The van der Waals surface area contributed by atoms with Gasteiger partial charge in [0.15, 0.2) is 0 Å². The van der Waals surface area contributed by atoms with E-state index in [2.05, 4.69) is 54.7 Å². The standard InChI is InChI=1S/C25H38N6O3S/c1-6-30-18-22(25(32)29-12-10-27(11-13-29)19(2)3)24(26-30)35(33,34)31-16-14-28(15-17-31)23-9-7-8-20(4)21(23)5/h7-9,18-19H,6,10-17H2,1-5H3. The monoisotopic (exact) mass is 502 g/mol. The highest BCUT2D eigenvalue weighted by Gasteiger charge is 2.36. The first kappa shape index (κ1) is 25.7. The lowest BCUT2D eigenvalue weighted by Gasteiger charge is -2.37. The number of hydrogen-bond donors (Lipinski definition) is 0. The fourth-order valence-electron chi connectivity index (χ4n) is 4.88. The zero-order chi connectivity index (χ0) is 25.3. The molecule has 192 valence electrons. The molecular weight excluding hydrogens is 464 g/mol. The van der Waals surface area contributed by atoms with Crippen molar-refractivity contribution in [2.75, 3.05) is 57.3 Å². The molecule has 2 aromatic rings. The van der Waals surface area contributed by atoms with Gasteiger partial charge in [0.05, 0.1) is 5.56 Å². The quantitative estimate of drug-likeness (QED) is 0.602. The minimum Gasteiger partial charge on any atom is -0.369 e. The van der Waals surface area contributed by atoms with Crippen molar-refractivity contribution < 1.29 is 13.2 Å². The summed E-state index contributed by atoms with van der Waals surface area (Å²) in [5, 5.41) is 4.24. The molecular formula is C25H38N6O3S. The van der Waals surface area contributed by atoms with Gasteiger partial charge < -0.3 is 9.80 Å². The van der Waals surface area contributed by atoms with E-state index in [4.69, 9.17) is 0 Å². The van der Waals surface area contributed by atoms with Crippen molar-refractivity contribution in [2.24, 2.45) is 0 Å². The number of carbonyl (C=O) groups is 1. The second kappa shape index (κ2) is 10.3. The molecule has 2 aliphatic rings. The number of piperazine rings is 2. The fraction of sp³-hybridized carbons (Fsp3) is 0.600. The Kier molecular flexibility index (Phi) is 7.54. The zero-order valence-corrected chi connectivity index (χ0v) is 22.4. The highest BCUT2D eigenvalue weighted by Crippen LogP contribution is 2.27. The third-order valence-corrected chi connectivity index (χ3v) is 9.19. The molecule has 0 N–H and O–H groups in total. The molecule has 1 aromatic carbocycles. The van der Waals surface area contributed by atoms with Crippen molar-refractivity contribution in [3.8, 4) is 0 Å². The zero-order valence-electron chi connectivity index (χ0n) is 21.6. The van der Waals surface area contributed by atoms with Crippen molar-refractivity contribution in [1.82, 2.24) is 23.9 Å². The maximum Gasteiger partial charge on any atom is 0.263 e. The summed E-state index contributed by atoms with van der Waals surface area (Å²) in [7, 11) is -3.90. The van der Waals surface area contributed by atoms with Crippen LogP contribution in [0.1, 0.15) is 42.3 Å². The van der Waals surface area contributed by atoms with E-state index < -0.39 is 10.0 Å². The van der Waals surface area contributed by atoms with Crippen molar-refractivity contribution in [1.29, 1.82) is 0 Å². The molecule has 10 heteroatoms. The van der Waals surface area contributed by atoms with Gasteiger partial charge in [-0.3, -0.25) is 14.4 Å². The maximum absolute atomic E-state index is 13.7. The number of hydrogen-bond acceptors (Lipinski definition) is 6. The SMILES string of the molecule is CCn1cc(C(=O)N2CCN(C(C)C)CC2)c(S(=O)(=O)N2CCN(c3cccc(C)c3C)CC2)n1. The molecule has 1 amide bonds. The summed E-state index contributed by atoms with van der Waals surface area (Å²) in [6.45, 7) is 15.5. The van der Waals surface area contributed by atoms with E-state index in [1.54, 1.807) is 15.8 Å². The Labute approximate surface area is 209 Å². The Bertz CT molecular complexity index is 1160. The van der Waals surface area contributed by atoms with Crippen LogP contribution in [0.4, 0.5) is 5.69 Å². The molecule has 3 heterocycles. The molecule has 0 atom stereocenters. The Hall–Kier alpha value is -2.43. The molecule has 9 nitrogen and oxygen atoms in total. The number of aryl methyl sites for hydroxylation is 2. The summed E-state index contributed by atoms with van der Waals surface area (Å²) < 4.78 is 30.4. The molecule has 0 aliphatic carbocycles. The van der Waals surface area contributed by atoms with Gasteiger partial charge in [0.1, 0.15) is 0 Å². The van der Waals surface area contributed by atoms with Crippen LogP contribution < -0.4 is 4.90 Å². The van der Waals surface area contributed by atoms with Crippen LogP contribution in [-0.2, 0) is 16.6 Å². The number of aromatic nitrogens is 2. The molecule has 0 radical (unpaired) electrons. The predicted octanol–water partition coefficient (Wildman–Crippen LogP) is 2.20. The molecule has 0 spiro atoms. The summed E-state index contributed by atoms with van der Waals surface area (Å²) in [4.78, 5) is 19.7. The lowest BCUT2D eigenvalue weighted by molar-refractivity contribution is 0.0591. The van der Waals surface area contributed by atoms with Gasteiger partial charge in [-0.15, -0.1) is 0 Å². The average Bonchev–Trinajstić information content (AvgIpc) is 3.31. The lowest BCUT2D eigenvalue weighted by Crippen LogP contribution is -2.51. The Morgan fingerprint density at radius 1 is 1.00 bits per heavy atom. The first-order valence-corrected chi connectivity index (χ1v) is 14.0. The first-order chi connectivity index (χ1) is 16.6. The third-order valence-electron chi connectivity index (χ3n) is 7.35. The van der Waals surface area contributed by atoms with Crippen LogP contribution >= 0.6 is 0 Å². The summed E-state index contributed by atoms with van der Waals surface area (Å²) >= 11 is 0. The van der Waals surface area contributed by atoms with Crippen LogP contribution in [0.5, 0.6) is 0 Å². The number of nitrogens with zero attached hydrogens (tertiary/aromatic N) is 6. The van der Waals surface area contributed by atoms with E-state index in [0.717, 1.165) is 18.8 Å². The molecule has 0 bridgehead atoms. The van der Waals surface area contributed by atoms with Gasteiger partial charge in [-0.2, -0.15) is 9.40 Å². The second-order valence-corrected chi connectivity index (χ2v) is 11.6. The second-order valence-electron chi connectivity index (χ2n) is 9.74. The van der Waals surface area contributed by atoms with Gasteiger partial charge in [-0.25, -0.2) is 8.42 Å². The fourth-order valence-corrected chi connectivity index (χ4v) is 6.40. The van der Waals surface area contributed by atoms with E-state index in [-0.39, 0.29) is 16.5 Å². The van der Waals surface area contributed by atoms with Crippen LogP contribution in [0.25, 0.3) is 0 Å². The van der Waals surface area contributed by atoms with Crippen LogP contribution in [0.2, 0.25) is 0 Å². The van der Waals surface area contributed by atoms with E-state index in [9.17, 15) is 13.2 Å². The summed E-state index contributed by atoms with van der Waals surface area (Å²) in [5.41, 5.74) is 3.77. The van der Waals surface area contributed by atoms with Gasteiger partial charge in [0.2, 0.25) is 5.03 Å². The van der Waals surface area contributed by atoms with Crippen molar-refractivity contribution in [3.63, 3.8) is 0 Å². The summed E-state index contributed by atoms with van der Waals surface area (Å²) in [6.07, 6.45) is 1.59. The van der Waals surface area contributed by atoms with Crippen molar-refractivity contribution in [3.05, 3.63) is 41.1 Å². The first-order valence-electron chi connectivity index (χ1n) is 12.6. The van der Waals surface area contributed by atoms with Crippen LogP contribution in [0.3, 0.4) is 0 Å². The summed E-state index contributed by atoms with van der Waals surface area (Å²) in [6, 6.07) is 6.64. The number of rotatable bonds is 6. The highest BCUT2D eigenvalue weighted by molar-refractivity contribution is 7.89. The highest BCUT2D eigenvalue weighted by atomic mass is 32.2. The average molecular weight is 503 g/mol. The smallest absolute Gasteiger partial charge is 0.263 e. The van der Waals surface area contributed by atoms with Crippen LogP contribution in [-0.4, -0.2) is 96.6 Å². The minimum atomic E-state index is -3.90. The summed E-state index contributed by atoms with van der Waals surface area (Å²) in [5.74, 6) is -0.249. The minimum absolute atomic E-state index is 0.115. The molecule has 4 rings (SSSR count). The number of carbonyl (C=O) groups excluding carboxylic acids is 1. The van der Waals surface area contributed by atoms with E-state index in [1.165, 1.54) is 15.4 Å². The number of amides is 1. The predicted molar refractivity (Wildman–Crippen MR) is 137 cm³/mol. The van der Waals surface area contributed by atoms with Gasteiger partial charge >= 0.3 is 0 Å². The maximum atomic E-state index is 13.7. The van der Waals surface area contributed by atoms with Crippen molar-refractivity contribution >= 4 is 21.6 Å². The van der Waals surface area contributed by atoms with Gasteiger partial charge in [0.25, 0.3) is 15.9 Å². The van der Waals surface area contributed by atoms with Crippen LogP contribution in [0.15, 0.2) is 29.4 Å². The van der Waals surface area contributed by atoms with Crippen molar-refractivity contribution in [2.45, 2.75) is 52.2 Å². The van der Waals surface area contributed by atoms with E-state index in [0.29, 0.717) is 51.9 Å². The van der Waals surface area contributed by atoms with Crippen LogP contribution in [0, 0.1) is 13.8 Å². The molecule has 2 saturated heterocycles. The Morgan fingerprint density at radius 2 is 1.66 bits per heavy atom. The largest absolute Gasteiger partial charge is 0.369 e. The normalized spacial score (nSPS) is 18.5. The van der Waals surface area contributed by atoms with E-state index in [1.807, 2.05) is 13.0 Å². The number of benzene rings is 1. The molecule has 35 heavy (non-hydrogen) atoms. The molecule has 2 aliphatic heterocycles. The molecule has 2 fully saturated rings.